The van der Waals surface area contributed by atoms with Gasteiger partial charge in [0.25, 0.3) is 0 Å². The Hall–Kier alpha value is -8.22. The first-order valence-corrected chi connectivity index (χ1v) is 23.0. The van der Waals surface area contributed by atoms with Gasteiger partial charge in [0.1, 0.15) is 17.7 Å². The molecule has 1 N–H and O–H groups in total. The average molecular weight is 850 g/mol. The monoisotopic (exact) mass is 849 g/mol. The molecule has 1 aliphatic heterocycles. The fraction of sp³-hybridized carbons (Fsp3) is 0.100. The number of rotatable bonds is 5. The number of amidine groups is 2. The number of hydrogen-bond acceptors (Lipinski definition) is 4. The molecule has 3 aromatic heterocycles. The predicted molar refractivity (Wildman–Crippen MR) is 272 cm³/mol. The molecule has 11 aromatic rings. The fourth-order valence-electron chi connectivity index (χ4n) is 11.4. The first-order valence-electron chi connectivity index (χ1n) is 23.0. The molecule has 6 nitrogen and oxygen atoms in total. The third-order valence-corrected chi connectivity index (χ3v) is 14.5. The summed E-state index contributed by atoms with van der Waals surface area (Å²) in [6.07, 6.45) is 6.10. The molecule has 314 valence electrons. The number of fused-ring (bicyclic) bond motifs is 12. The quantitative estimate of drug-likeness (QED) is 0.188. The summed E-state index contributed by atoms with van der Waals surface area (Å²) in [5.41, 5.74) is 17.8. The minimum Gasteiger partial charge on any atom is -0.452 e. The van der Waals surface area contributed by atoms with Crippen LogP contribution in [0.1, 0.15) is 65.5 Å². The van der Waals surface area contributed by atoms with E-state index in [-0.39, 0.29) is 11.6 Å². The van der Waals surface area contributed by atoms with E-state index in [2.05, 4.69) is 192 Å². The molecule has 2 aliphatic carbocycles. The molecule has 66 heavy (non-hydrogen) atoms. The molecule has 0 saturated heterocycles. The number of benzene rings is 8. The lowest BCUT2D eigenvalue weighted by atomic mass is 9.82. The van der Waals surface area contributed by atoms with Gasteiger partial charge in [0.15, 0.2) is 17.0 Å². The summed E-state index contributed by atoms with van der Waals surface area (Å²) in [5, 5.41) is 9.60. The number of hydrogen-bond donors (Lipinski definition) is 1. The number of nitrogens with zero attached hydrogens (tertiary/aromatic N) is 4. The van der Waals surface area contributed by atoms with Crippen molar-refractivity contribution in [2.24, 2.45) is 9.98 Å². The number of allylic oxidation sites excluding steroid dienone is 1. The zero-order valence-corrected chi connectivity index (χ0v) is 36.6. The van der Waals surface area contributed by atoms with Gasteiger partial charge in [-0.25, -0.2) is 9.98 Å². The van der Waals surface area contributed by atoms with Crippen LogP contribution in [0.5, 0.6) is 0 Å². The molecule has 3 aliphatic rings. The maximum Gasteiger partial charge on any atom is 0.160 e. The summed E-state index contributed by atoms with van der Waals surface area (Å²) in [6.45, 7) is 4.72. The van der Waals surface area contributed by atoms with E-state index in [9.17, 15) is 0 Å². The standard InChI is InChI=1S/C60H43N5O/c1-60(2)47-27-13-9-22-38(47)45-34-46-41-25-12-14-28-49(41)64(53(46)35-48(45)60)52-31-17-26-42-43-32-33-44(59-62-57(36-18-5-3-6-19-36)61-58(63-59)37-20-7-4-8-21-37)54(56(43)66-55(42)52)65-50-29-15-10-23-39(50)40-24-11-16-30-51(40)65/h3-15,17-29,31-35,57H,16,30H2,1-2H3,(H,61,62,63). The van der Waals surface area contributed by atoms with Gasteiger partial charge in [-0.1, -0.05) is 159 Å². The normalized spacial score (nSPS) is 16.1. The molecule has 8 aromatic carbocycles. The van der Waals surface area contributed by atoms with Crippen LogP contribution in [0.25, 0.3) is 83.2 Å². The number of furan rings is 1. The maximum absolute atomic E-state index is 7.57. The van der Waals surface area contributed by atoms with E-state index >= 15 is 0 Å². The largest absolute Gasteiger partial charge is 0.452 e. The first kappa shape index (κ1) is 37.2. The number of aromatic nitrogens is 2. The Bertz CT molecular complexity index is 3930. The zero-order chi connectivity index (χ0) is 43.7. The predicted octanol–water partition coefficient (Wildman–Crippen LogP) is 14.4. The van der Waals surface area contributed by atoms with Gasteiger partial charge < -0.3 is 18.9 Å². The van der Waals surface area contributed by atoms with Crippen LogP contribution in [0.2, 0.25) is 0 Å². The highest BCUT2D eigenvalue weighted by Crippen LogP contribution is 2.51. The Labute approximate surface area is 381 Å². The molecule has 0 saturated carbocycles. The van der Waals surface area contributed by atoms with E-state index < -0.39 is 0 Å². The van der Waals surface area contributed by atoms with E-state index in [0.29, 0.717) is 5.84 Å². The minimum absolute atomic E-state index is 0.146. The Kier molecular flexibility index (Phi) is 7.83. The molecule has 4 heterocycles. The smallest absolute Gasteiger partial charge is 0.160 e. The van der Waals surface area contributed by atoms with Crippen LogP contribution >= 0.6 is 0 Å². The van der Waals surface area contributed by atoms with Crippen molar-refractivity contribution < 1.29 is 4.42 Å². The van der Waals surface area contributed by atoms with Crippen LogP contribution in [0.3, 0.4) is 0 Å². The second-order valence-electron chi connectivity index (χ2n) is 18.4. The lowest BCUT2D eigenvalue weighted by molar-refractivity contribution is 0.659. The van der Waals surface area contributed by atoms with Gasteiger partial charge >= 0.3 is 0 Å². The van der Waals surface area contributed by atoms with Crippen LogP contribution in [-0.2, 0) is 11.8 Å². The lowest BCUT2D eigenvalue weighted by Gasteiger charge is -2.25. The third-order valence-electron chi connectivity index (χ3n) is 14.5. The van der Waals surface area contributed by atoms with E-state index in [1.54, 1.807) is 0 Å². The van der Waals surface area contributed by atoms with E-state index in [1.807, 2.05) is 24.3 Å². The summed E-state index contributed by atoms with van der Waals surface area (Å²) in [6, 6.07) is 63.2. The molecule has 14 rings (SSSR count). The number of para-hydroxylation sites is 3. The van der Waals surface area contributed by atoms with E-state index in [4.69, 9.17) is 14.4 Å². The highest BCUT2D eigenvalue weighted by Gasteiger charge is 2.37. The van der Waals surface area contributed by atoms with Crippen LogP contribution in [0.4, 0.5) is 0 Å². The summed E-state index contributed by atoms with van der Waals surface area (Å²) in [7, 11) is 0. The van der Waals surface area contributed by atoms with Crippen LogP contribution in [0, 0.1) is 0 Å². The van der Waals surface area contributed by atoms with Crippen molar-refractivity contribution in [1.82, 2.24) is 14.5 Å². The molecule has 1 unspecified atom stereocenters. The van der Waals surface area contributed by atoms with Gasteiger partial charge in [-0.2, -0.15) is 0 Å². The molecule has 0 bridgehead atoms. The summed E-state index contributed by atoms with van der Waals surface area (Å²) in [5.74, 6) is 1.43. The highest BCUT2D eigenvalue weighted by molar-refractivity contribution is 6.20. The maximum atomic E-state index is 7.57. The molecule has 0 fully saturated rings. The summed E-state index contributed by atoms with van der Waals surface area (Å²) in [4.78, 5) is 10.6. The molecular formula is C60H43N5O. The fourth-order valence-corrected chi connectivity index (χ4v) is 11.4. The van der Waals surface area contributed by atoms with Crippen molar-refractivity contribution in [3.8, 4) is 22.5 Å². The topological polar surface area (TPSA) is 59.8 Å². The van der Waals surface area contributed by atoms with Gasteiger partial charge in [-0.15, -0.1) is 0 Å². The molecule has 0 radical (unpaired) electrons. The van der Waals surface area contributed by atoms with Gasteiger partial charge in [0, 0.05) is 54.7 Å². The molecule has 0 spiro atoms. The second-order valence-corrected chi connectivity index (χ2v) is 18.4. The highest BCUT2D eigenvalue weighted by atomic mass is 16.3. The number of nitrogens with one attached hydrogen (secondary N) is 1. The van der Waals surface area contributed by atoms with Gasteiger partial charge in [0.2, 0.25) is 0 Å². The summed E-state index contributed by atoms with van der Waals surface area (Å²) >= 11 is 0. The van der Waals surface area contributed by atoms with Crippen molar-refractivity contribution in [3.05, 3.63) is 221 Å². The van der Waals surface area contributed by atoms with Crippen molar-refractivity contribution in [1.29, 1.82) is 0 Å². The van der Waals surface area contributed by atoms with Gasteiger partial charge in [0.05, 0.1) is 22.2 Å². The average Bonchev–Trinajstić information content (AvgIpc) is 4.09. The van der Waals surface area contributed by atoms with Crippen molar-refractivity contribution in [2.75, 3.05) is 0 Å². The van der Waals surface area contributed by atoms with E-state index in [0.717, 1.165) is 79.7 Å². The van der Waals surface area contributed by atoms with Crippen LogP contribution in [0.15, 0.2) is 196 Å². The Morgan fingerprint density at radius 1 is 0.576 bits per heavy atom. The minimum atomic E-state index is -0.354. The van der Waals surface area contributed by atoms with Crippen LogP contribution < -0.4 is 5.32 Å². The SMILES string of the molecule is CC1(C)c2ccccc2-c2cc3c4ccccc4n(-c4cccc5c4oc4c(-n6c7c(c8ccccc86)C=CCC7)c(C6=NC(c7ccccc7)=NC(c7ccccc7)N6)ccc45)c3cc21. The summed E-state index contributed by atoms with van der Waals surface area (Å²) < 4.78 is 12.5. The van der Waals surface area contributed by atoms with Gasteiger partial charge in [-0.3, -0.25) is 0 Å². The molecular weight excluding hydrogens is 807 g/mol. The third kappa shape index (κ3) is 5.24. The zero-order valence-electron chi connectivity index (χ0n) is 36.6. The second kappa shape index (κ2) is 13.9. The van der Waals surface area contributed by atoms with E-state index in [1.165, 1.54) is 55.2 Å². The first-order chi connectivity index (χ1) is 32.5. The lowest BCUT2D eigenvalue weighted by Crippen LogP contribution is -2.34. The van der Waals surface area contributed by atoms with Crippen molar-refractivity contribution in [3.63, 3.8) is 0 Å². The molecule has 6 heteroatoms. The molecule has 1 atom stereocenters. The number of aliphatic imine (C=N–C) groups is 2. The Morgan fingerprint density at radius 2 is 1.29 bits per heavy atom. The molecule has 0 amide bonds. The van der Waals surface area contributed by atoms with Gasteiger partial charge in [-0.05, 0) is 83.1 Å². The van der Waals surface area contributed by atoms with Crippen molar-refractivity contribution in [2.45, 2.75) is 38.3 Å². The van der Waals surface area contributed by atoms with Crippen LogP contribution in [-0.4, -0.2) is 20.8 Å². The Balaban J connectivity index is 1.06. The van der Waals surface area contributed by atoms with Crippen molar-refractivity contribution >= 4 is 72.4 Å². The Morgan fingerprint density at radius 3 is 2.14 bits per heavy atom.